The van der Waals surface area contributed by atoms with E-state index in [9.17, 15) is 83.2 Å². The van der Waals surface area contributed by atoms with Crippen molar-refractivity contribution in [3.8, 4) is 0 Å². The third kappa shape index (κ3) is 14.8. The molecule has 13 rings (SSSR count). The van der Waals surface area contributed by atoms with Gasteiger partial charge in [-0.3, -0.25) is 59.0 Å². The molecule has 8 aromatic rings. The fraction of sp³-hybridized carbons (Fsp3) is 0.521. The van der Waals surface area contributed by atoms with E-state index in [-0.39, 0.29) is 62.6 Å². The molecule has 55 heteroatoms. The number of nitrogens with two attached hydrogens (primary N) is 5. The summed E-state index contributed by atoms with van der Waals surface area (Å²) in [4.78, 5) is 115. The largest absolute Gasteiger partial charge is 0.472 e. The lowest BCUT2D eigenvalue weighted by atomic mass is 10.1. The van der Waals surface area contributed by atoms with Crippen molar-refractivity contribution < 1.29 is 133 Å². The number of hydrogen-bond acceptors (Lipinski definition) is 42. The first-order valence-electron chi connectivity index (χ1n) is 29.9. The summed E-state index contributed by atoms with van der Waals surface area (Å²) in [6.45, 7) is -5.81. The van der Waals surface area contributed by atoms with Crippen molar-refractivity contribution in [2.75, 3.05) is 61.7 Å². The smallest absolute Gasteiger partial charge is 0.394 e. The van der Waals surface area contributed by atoms with Crippen molar-refractivity contribution in [1.82, 2.24) is 77.7 Å². The highest BCUT2D eigenvalue weighted by Gasteiger charge is 2.56. The molecule has 0 bridgehead atoms. The van der Waals surface area contributed by atoms with Crippen LogP contribution in [0.2, 0.25) is 0 Å². The van der Waals surface area contributed by atoms with E-state index in [1.165, 1.54) is 15.5 Å². The van der Waals surface area contributed by atoms with E-state index < -0.39 is 198 Å². The van der Waals surface area contributed by atoms with Gasteiger partial charge < -0.3 is 108 Å². The first kappa shape index (κ1) is 73.7. The van der Waals surface area contributed by atoms with Crippen LogP contribution >= 0.6 is 31.3 Å². The number of phosphoric acid groups is 4. The Morgan fingerprint density at radius 1 is 0.388 bits per heavy atom. The van der Waals surface area contributed by atoms with Crippen molar-refractivity contribution >= 4 is 93.9 Å². The van der Waals surface area contributed by atoms with Crippen LogP contribution in [0.3, 0.4) is 0 Å². The number of imidazole rings is 3. The Balaban J connectivity index is 0.714. The monoisotopic (exact) mass is 1540 g/mol. The van der Waals surface area contributed by atoms with E-state index in [0.717, 1.165) is 60.7 Å². The van der Waals surface area contributed by atoms with Crippen LogP contribution < -0.4 is 40.0 Å². The van der Waals surface area contributed by atoms with Crippen LogP contribution in [0.4, 0.5) is 29.1 Å². The lowest BCUT2D eigenvalue weighted by molar-refractivity contribution is -0.0655. The Morgan fingerprint density at radius 3 is 0.990 bits per heavy atom. The molecule has 8 aromatic heterocycles. The molecule has 0 radical (unpaired) electrons. The van der Waals surface area contributed by atoms with Gasteiger partial charge in [0.2, 0.25) is 0 Å². The minimum atomic E-state index is -5.83. The van der Waals surface area contributed by atoms with E-state index in [2.05, 4.69) is 54.8 Å². The average molecular weight is 1540 g/mol. The quantitative estimate of drug-likeness (QED) is 0.0224. The third-order valence-corrected chi connectivity index (χ3v) is 20.6. The molecule has 0 spiro atoms. The summed E-state index contributed by atoms with van der Waals surface area (Å²) in [6, 6.07) is 2.18. The Hall–Kier alpha value is -7.63. The molecule has 4 unspecified atom stereocenters. The van der Waals surface area contributed by atoms with Crippen molar-refractivity contribution in [1.29, 1.82) is 0 Å². The summed E-state index contributed by atoms with van der Waals surface area (Å²) in [5, 5.41) is 78.9. The Bertz CT molecular complexity index is 4790. The van der Waals surface area contributed by atoms with Crippen molar-refractivity contribution in [2.45, 2.75) is 123 Å². The fourth-order valence-corrected chi connectivity index (χ4v) is 15.6. The van der Waals surface area contributed by atoms with Crippen LogP contribution in [0, 0.1) is 0 Å². The number of nitrogens with zero attached hydrogens (tertiary/aromatic N) is 16. The molecule has 0 aliphatic carbocycles. The zero-order valence-corrected chi connectivity index (χ0v) is 55.4. The van der Waals surface area contributed by atoms with Gasteiger partial charge >= 0.3 is 42.7 Å². The van der Waals surface area contributed by atoms with Gasteiger partial charge in [-0.05, 0) is 12.1 Å². The lowest BCUT2D eigenvalue weighted by Gasteiger charge is -2.27. The van der Waals surface area contributed by atoms with Crippen LogP contribution in [-0.2, 0) is 78.1 Å². The predicted octanol–water partition coefficient (Wildman–Crippen LogP) is -6.42. The zero-order valence-electron chi connectivity index (χ0n) is 51.9. The second kappa shape index (κ2) is 28.7. The molecule has 24 atom stereocenters. The summed E-state index contributed by atoms with van der Waals surface area (Å²) in [6.07, 6.45) is -29.9. The molecule has 558 valence electrons. The minimum absolute atomic E-state index is 0.0342. The highest BCUT2D eigenvalue weighted by atomic mass is 31.2. The number of aliphatic hydroxyl groups excluding tert-OH is 7. The van der Waals surface area contributed by atoms with Crippen molar-refractivity contribution in [2.24, 2.45) is 0 Å². The summed E-state index contributed by atoms with van der Waals surface area (Å²) < 4.78 is 132. The Labute approximate surface area is 571 Å². The van der Waals surface area contributed by atoms with E-state index in [4.69, 9.17) is 88.5 Å². The second-order valence-electron chi connectivity index (χ2n) is 23.1. The first-order chi connectivity index (χ1) is 48.8. The van der Waals surface area contributed by atoms with Crippen molar-refractivity contribution in [3.63, 3.8) is 0 Å². The topological polar surface area (TPSA) is 741 Å². The maximum Gasteiger partial charge on any atom is 0.472 e. The van der Waals surface area contributed by atoms with Gasteiger partial charge in [0.25, 0.3) is 0 Å². The number of hydrogen-bond donors (Lipinski definition) is 16. The van der Waals surface area contributed by atoms with Gasteiger partial charge in [-0.25, -0.2) is 72.7 Å². The number of rotatable bonds is 26. The van der Waals surface area contributed by atoms with E-state index in [1.54, 1.807) is 0 Å². The maximum atomic E-state index is 14.3. The molecule has 5 aliphatic rings. The molecule has 5 saturated heterocycles. The van der Waals surface area contributed by atoms with E-state index in [0.29, 0.717) is 9.13 Å². The molecule has 13 heterocycles. The van der Waals surface area contributed by atoms with E-state index >= 15 is 0 Å². The average Bonchev–Trinajstić information content (AvgIpc) is 1.64. The molecular formula is C48H61N21O30P4. The number of phosphoric ester groups is 4. The van der Waals surface area contributed by atoms with Gasteiger partial charge in [0.1, 0.15) is 139 Å². The highest BCUT2D eigenvalue weighted by Crippen LogP contribution is 2.55. The highest BCUT2D eigenvalue weighted by molar-refractivity contribution is 7.48. The summed E-state index contributed by atoms with van der Waals surface area (Å²) >= 11 is 0. The Morgan fingerprint density at radius 2 is 0.670 bits per heavy atom. The predicted molar refractivity (Wildman–Crippen MR) is 330 cm³/mol. The van der Waals surface area contributed by atoms with Gasteiger partial charge in [-0.1, -0.05) is 0 Å². The summed E-state index contributed by atoms with van der Waals surface area (Å²) in [7, 11) is -22.8. The SMILES string of the molecule is Nc1ccn([C@@H]2O[C@H](COP(=O)(O)O[C@H]3[C@@H](O)[C@H](n4cnc5c(N)ncnc54)O[C@@H]3CO)[C@@H](OP(=O)(O)OC[C@H]3O[C@@H](n4cnc5c(N)ncnc54)[C@H](O)[C@@H]3OP(=O)(O)OC[C@H]3O[C@@H](n4ccc(N)nc4=O)[C@H](O)[C@@H]3OP(=O)(O)OC[C@H]3O[C@@H](n4cnc5c(N)ncnc54)[C@H](O)[C@@H]3O)[C@H]2O)c(=O)n1. The van der Waals surface area contributed by atoms with Crippen molar-refractivity contribution in [3.05, 3.63) is 83.5 Å². The molecule has 21 N–H and O–H groups in total. The molecular weight excluding hydrogens is 1470 g/mol. The van der Waals surface area contributed by atoms with Gasteiger partial charge in [-0.15, -0.1) is 0 Å². The molecule has 5 aliphatic heterocycles. The zero-order chi connectivity index (χ0) is 73.5. The molecule has 51 nitrogen and oxygen atoms in total. The molecule has 0 aromatic carbocycles. The van der Waals surface area contributed by atoms with Gasteiger partial charge in [0.15, 0.2) is 65.5 Å². The third-order valence-electron chi connectivity index (χ3n) is 16.6. The fourth-order valence-electron chi connectivity index (χ4n) is 11.8. The standard InChI is InChI=1S/C48H61N21O30P4/c49-21-1-3-65(47(77)63-21)43-29(74)33(97-100(79,80)87-6-17-26(71)27(72)42(92-17)67-13-60-23-36(51)54-10-57-39(23)67)19(94-43)8-89-103(85,86)99-35-20(95-46(31(35)76)69-15-62-25-38(53)56-12-59-41(25)69)9-90-102(83,84)98-34-18(93-44(30(34)75)66-4-2-22(50)64-48(66)78)7-88-101(81,82)96-32-16(5-70)91-45(28(32)73)68-14-61-24-37(52)55-11-58-40(24)68/h1-4,10-20,26-35,42-46,70-76H,5-9H2,(H,79,80)(H,81,82)(H,83,84)(H,85,86)(H2,49,63,77)(H2,50,64,78)(H2,51,54,57)(H2,52,55,58)(H2,53,56,59)/t16-,17-,18-,19-,20-,26-,27-,28-,29-,30-,31-,32-,33-,34-,35-,42-,43-,44-,45-,46-/m1/s1. The maximum absolute atomic E-state index is 14.3. The lowest BCUT2D eigenvalue weighted by Crippen LogP contribution is -2.39. The van der Waals surface area contributed by atoms with Gasteiger partial charge in [0.05, 0.1) is 52.0 Å². The summed E-state index contributed by atoms with van der Waals surface area (Å²) in [5.74, 6) is -0.864. The normalized spacial score (nSPS) is 32.7. The number of ether oxygens (including phenoxy) is 5. The van der Waals surface area contributed by atoms with Crippen LogP contribution in [0.25, 0.3) is 33.5 Å². The summed E-state index contributed by atoms with van der Waals surface area (Å²) in [5.41, 5.74) is 26.9. The van der Waals surface area contributed by atoms with Crippen LogP contribution in [-0.4, -0.2) is 258 Å². The van der Waals surface area contributed by atoms with Crippen LogP contribution in [0.15, 0.2) is 72.1 Å². The van der Waals surface area contributed by atoms with Gasteiger partial charge in [0, 0.05) is 12.4 Å². The molecule has 5 fully saturated rings. The Kier molecular flexibility index (Phi) is 20.5. The minimum Gasteiger partial charge on any atom is -0.394 e. The number of fused-ring (bicyclic) bond motifs is 3. The van der Waals surface area contributed by atoms with Crippen LogP contribution in [0.1, 0.15) is 31.1 Å². The molecule has 0 amide bonds. The first-order valence-corrected chi connectivity index (χ1v) is 35.9. The number of aromatic nitrogens is 16. The van der Waals surface area contributed by atoms with Gasteiger partial charge in [-0.2, -0.15) is 9.97 Å². The number of aliphatic hydroxyl groups is 7. The van der Waals surface area contributed by atoms with E-state index in [1.807, 2.05) is 0 Å². The number of anilines is 5. The number of nitrogen functional groups attached to an aromatic ring is 5. The molecule has 103 heavy (non-hydrogen) atoms. The molecule has 0 saturated carbocycles. The second-order valence-corrected chi connectivity index (χ2v) is 28.7. The van der Waals surface area contributed by atoms with Crippen LogP contribution in [0.5, 0.6) is 0 Å².